The summed E-state index contributed by atoms with van der Waals surface area (Å²) in [5.41, 5.74) is -0.768. The van der Waals surface area contributed by atoms with E-state index in [1.54, 1.807) is 12.1 Å². The Labute approximate surface area is 130 Å². The van der Waals surface area contributed by atoms with Crippen LogP contribution in [0.25, 0.3) is 0 Å². The first-order valence-corrected chi connectivity index (χ1v) is 6.30. The summed E-state index contributed by atoms with van der Waals surface area (Å²) in [5, 5.41) is 19.8. The molecule has 23 heavy (non-hydrogen) atoms. The molecule has 0 unspecified atom stereocenters. The van der Waals surface area contributed by atoms with E-state index in [1.165, 1.54) is 25.3 Å². The molecule has 118 valence electrons. The average molecular weight is 317 g/mol. The van der Waals surface area contributed by atoms with Gasteiger partial charge in [0.1, 0.15) is 17.1 Å². The minimum atomic E-state index is -1.44. The summed E-state index contributed by atoms with van der Waals surface area (Å²) in [5.74, 6) is -1.64. The molecule has 0 aliphatic heterocycles. The van der Waals surface area contributed by atoms with E-state index < -0.39 is 28.1 Å². The number of carbonyl (C=O) groups is 2. The number of aromatic carboxylic acids is 1. The van der Waals surface area contributed by atoms with Gasteiger partial charge in [-0.1, -0.05) is 6.07 Å². The number of hydrogen-bond acceptors (Lipinski definition) is 6. The second kappa shape index (κ2) is 6.56. The highest BCUT2D eigenvalue weighted by Gasteiger charge is 2.20. The fourth-order valence-corrected chi connectivity index (χ4v) is 1.85. The number of esters is 1. The highest BCUT2D eigenvalue weighted by Crippen LogP contribution is 2.28. The van der Waals surface area contributed by atoms with Gasteiger partial charge >= 0.3 is 11.9 Å². The maximum atomic E-state index is 11.5. The molecule has 2 aromatic carbocycles. The zero-order chi connectivity index (χ0) is 17.0. The third kappa shape index (κ3) is 3.62. The van der Waals surface area contributed by atoms with Gasteiger partial charge in [-0.05, 0) is 24.3 Å². The number of nitro groups is 1. The Hall–Kier alpha value is -3.42. The summed E-state index contributed by atoms with van der Waals surface area (Å²) in [6.07, 6.45) is 0. The molecule has 0 spiro atoms. The summed E-state index contributed by atoms with van der Waals surface area (Å²) in [7, 11) is 1.24. The van der Waals surface area contributed by atoms with Gasteiger partial charge in [0.05, 0.1) is 17.6 Å². The number of rotatable bonds is 5. The SMILES string of the molecule is COC(=O)c1cccc(Oc2ccc([N+](=O)[O-])c(C(=O)O)c2)c1. The molecule has 0 heterocycles. The van der Waals surface area contributed by atoms with E-state index in [0.29, 0.717) is 0 Å². The highest BCUT2D eigenvalue weighted by atomic mass is 16.6. The lowest BCUT2D eigenvalue weighted by atomic mass is 10.1. The first-order valence-electron chi connectivity index (χ1n) is 6.30. The van der Waals surface area contributed by atoms with Crippen LogP contribution >= 0.6 is 0 Å². The van der Waals surface area contributed by atoms with Crippen molar-refractivity contribution in [2.45, 2.75) is 0 Å². The topological polar surface area (TPSA) is 116 Å². The van der Waals surface area contributed by atoms with E-state index in [4.69, 9.17) is 9.84 Å². The van der Waals surface area contributed by atoms with E-state index in [-0.39, 0.29) is 17.1 Å². The second-order valence-corrected chi connectivity index (χ2v) is 4.36. The van der Waals surface area contributed by atoms with E-state index in [2.05, 4.69) is 4.74 Å². The van der Waals surface area contributed by atoms with E-state index in [1.807, 2.05) is 0 Å². The van der Waals surface area contributed by atoms with Crippen LogP contribution in [0.4, 0.5) is 5.69 Å². The molecular weight excluding hydrogens is 306 g/mol. The van der Waals surface area contributed by atoms with Crippen LogP contribution in [0.1, 0.15) is 20.7 Å². The first-order chi connectivity index (χ1) is 10.9. The van der Waals surface area contributed by atoms with Gasteiger partial charge in [0, 0.05) is 12.1 Å². The molecule has 2 rings (SSSR count). The molecular formula is C15H11NO7. The number of carboxylic acid groups (broad SMARTS) is 1. The number of carbonyl (C=O) groups excluding carboxylic acids is 1. The third-order valence-electron chi connectivity index (χ3n) is 2.89. The summed E-state index contributed by atoms with van der Waals surface area (Å²) >= 11 is 0. The Kier molecular flexibility index (Phi) is 4.55. The molecule has 8 heteroatoms. The quantitative estimate of drug-likeness (QED) is 0.512. The third-order valence-corrected chi connectivity index (χ3v) is 2.89. The molecule has 0 atom stereocenters. The summed E-state index contributed by atoms with van der Waals surface area (Å²) in [6.45, 7) is 0. The highest BCUT2D eigenvalue weighted by molar-refractivity contribution is 5.93. The van der Waals surface area contributed by atoms with E-state index >= 15 is 0 Å². The van der Waals surface area contributed by atoms with Gasteiger partial charge in [0.2, 0.25) is 0 Å². The molecule has 0 aromatic heterocycles. The summed E-state index contributed by atoms with van der Waals surface area (Å²) in [4.78, 5) is 32.6. The smallest absolute Gasteiger partial charge is 0.342 e. The van der Waals surface area contributed by atoms with E-state index in [0.717, 1.165) is 12.1 Å². The first kappa shape index (κ1) is 16.0. The second-order valence-electron chi connectivity index (χ2n) is 4.36. The Bertz CT molecular complexity index is 785. The van der Waals surface area contributed by atoms with Gasteiger partial charge in [-0.15, -0.1) is 0 Å². The van der Waals surface area contributed by atoms with Gasteiger partial charge in [-0.25, -0.2) is 9.59 Å². The van der Waals surface area contributed by atoms with Crippen molar-refractivity contribution in [1.29, 1.82) is 0 Å². The number of ether oxygens (including phenoxy) is 2. The maximum absolute atomic E-state index is 11.5. The van der Waals surface area contributed by atoms with Crippen molar-refractivity contribution >= 4 is 17.6 Å². The number of benzene rings is 2. The minimum Gasteiger partial charge on any atom is -0.477 e. The lowest BCUT2D eigenvalue weighted by Gasteiger charge is -2.08. The number of methoxy groups -OCH3 is 1. The van der Waals surface area contributed by atoms with Crippen molar-refractivity contribution in [1.82, 2.24) is 0 Å². The molecule has 0 radical (unpaired) electrons. The van der Waals surface area contributed by atoms with Crippen molar-refractivity contribution < 1.29 is 29.1 Å². The van der Waals surface area contributed by atoms with Gasteiger partial charge in [-0.2, -0.15) is 0 Å². The summed E-state index contributed by atoms with van der Waals surface area (Å²) in [6, 6.07) is 9.41. The van der Waals surface area contributed by atoms with E-state index in [9.17, 15) is 19.7 Å². The number of nitrogens with zero attached hydrogens (tertiary/aromatic N) is 1. The summed E-state index contributed by atoms with van der Waals surface area (Å²) < 4.78 is 10.0. The molecule has 2 aromatic rings. The average Bonchev–Trinajstić information content (AvgIpc) is 2.54. The van der Waals surface area contributed by atoms with Gasteiger partial charge in [0.15, 0.2) is 0 Å². The zero-order valence-corrected chi connectivity index (χ0v) is 11.9. The Balaban J connectivity index is 2.34. The molecule has 8 nitrogen and oxygen atoms in total. The number of carboxylic acids is 1. The van der Waals surface area contributed by atoms with Gasteiger partial charge < -0.3 is 14.6 Å². The molecule has 0 bridgehead atoms. The van der Waals surface area contributed by atoms with Gasteiger partial charge in [0.25, 0.3) is 5.69 Å². The van der Waals surface area contributed by atoms with Crippen molar-refractivity contribution in [3.63, 3.8) is 0 Å². The largest absolute Gasteiger partial charge is 0.477 e. The zero-order valence-electron chi connectivity index (χ0n) is 11.9. The molecule has 0 fully saturated rings. The van der Waals surface area contributed by atoms with Crippen molar-refractivity contribution in [3.05, 3.63) is 63.7 Å². The van der Waals surface area contributed by atoms with Crippen LogP contribution in [0, 0.1) is 10.1 Å². The van der Waals surface area contributed by atoms with Crippen LogP contribution in [-0.2, 0) is 4.74 Å². The monoisotopic (exact) mass is 317 g/mol. The fourth-order valence-electron chi connectivity index (χ4n) is 1.85. The standard InChI is InChI=1S/C15H11NO7/c1-22-15(19)9-3-2-4-10(7-9)23-11-5-6-13(16(20)21)12(8-11)14(17)18/h2-8H,1H3,(H,17,18). The minimum absolute atomic E-state index is 0.0926. The van der Waals surface area contributed by atoms with Crippen LogP contribution in [-0.4, -0.2) is 29.1 Å². The van der Waals surface area contributed by atoms with Crippen molar-refractivity contribution in [3.8, 4) is 11.5 Å². The van der Waals surface area contributed by atoms with Crippen LogP contribution in [0.3, 0.4) is 0 Å². The Morgan fingerprint density at radius 1 is 1.13 bits per heavy atom. The maximum Gasteiger partial charge on any atom is 0.342 e. The molecule has 1 N–H and O–H groups in total. The fraction of sp³-hybridized carbons (Fsp3) is 0.0667. The van der Waals surface area contributed by atoms with Crippen molar-refractivity contribution in [2.75, 3.05) is 7.11 Å². The van der Waals surface area contributed by atoms with Crippen LogP contribution in [0.5, 0.6) is 11.5 Å². The lowest BCUT2D eigenvalue weighted by molar-refractivity contribution is -0.385. The molecule has 0 aliphatic rings. The Morgan fingerprint density at radius 3 is 2.43 bits per heavy atom. The number of nitro benzene ring substituents is 1. The van der Waals surface area contributed by atoms with Crippen LogP contribution in [0.2, 0.25) is 0 Å². The molecule has 0 saturated heterocycles. The van der Waals surface area contributed by atoms with Crippen LogP contribution in [0.15, 0.2) is 42.5 Å². The molecule has 0 aliphatic carbocycles. The lowest BCUT2D eigenvalue weighted by Crippen LogP contribution is -2.03. The van der Waals surface area contributed by atoms with Crippen LogP contribution < -0.4 is 4.74 Å². The Morgan fingerprint density at radius 2 is 1.83 bits per heavy atom. The predicted octanol–water partition coefficient (Wildman–Crippen LogP) is 2.87. The molecule has 0 amide bonds. The molecule has 0 saturated carbocycles. The normalized spacial score (nSPS) is 9.96. The van der Waals surface area contributed by atoms with Gasteiger partial charge in [-0.3, -0.25) is 10.1 Å². The number of hydrogen-bond donors (Lipinski definition) is 1. The van der Waals surface area contributed by atoms with Crippen molar-refractivity contribution in [2.24, 2.45) is 0 Å². The predicted molar refractivity (Wildman–Crippen MR) is 77.9 cm³/mol.